The summed E-state index contributed by atoms with van der Waals surface area (Å²) < 4.78 is 58.1. The van der Waals surface area contributed by atoms with Crippen LogP contribution in [0, 0.1) is 11.6 Å². The van der Waals surface area contributed by atoms with Crippen molar-refractivity contribution in [2.45, 2.75) is 11.3 Å². The molecule has 0 aliphatic heterocycles. The van der Waals surface area contributed by atoms with E-state index in [0.717, 1.165) is 29.2 Å². The van der Waals surface area contributed by atoms with Crippen LogP contribution >= 0.6 is 15.9 Å². The van der Waals surface area contributed by atoms with Gasteiger partial charge in [0, 0.05) is 16.1 Å². The number of benzene rings is 3. The van der Waals surface area contributed by atoms with E-state index in [4.69, 9.17) is 4.74 Å². The average molecular weight is 536 g/mol. The topological polar surface area (TPSA) is 89.5 Å². The molecule has 4 rings (SSSR count). The maximum atomic E-state index is 13.9. The Morgan fingerprint density at radius 3 is 2.48 bits per heavy atom. The molecule has 0 heterocycles. The SMILES string of the molecule is O=C(CNS(=O)(=O)c1c(F)cc(F)cc1Br)OCC(=O)c1ccc2c(c1)-c1ccccc1C2. The molecule has 0 unspecified atom stereocenters. The number of Topliss-reactive ketones (excluding diaryl/α,β-unsaturated/α-hetero) is 1. The number of sulfonamides is 1. The van der Waals surface area contributed by atoms with Crippen LogP contribution in [0.5, 0.6) is 0 Å². The Labute approximate surface area is 196 Å². The van der Waals surface area contributed by atoms with Crippen molar-refractivity contribution in [3.8, 4) is 11.1 Å². The molecule has 6 nitrogen and oxygen atoms in total. The van der Waals surface area contributed by atoms with Crippen LogP contribution in [-0.2, 0) is 26.0 Å². The highest BCUT2D eigenvalue weighted by Gasteiger charge is 2.25. The fraction of sp³-hybridized carbons (Fsp3) is 0.130. The molecule has 0 spiro atoms. The van der Waals surface area contributed by atoms with Gasteiger partial charge in [0.15, 0.2) is 12.4 Å². The molecule has 0 bridgehead atoms. The molecule has 1 N–H and O–H groups in total. The second kappa shape index (κ2) is 9.12. The molecule has 170 valence electrons. The second-order valence-corrected chi connectivity index (χ2v) is 9.87. The van der Waals surface area contributed by atoms with Gasteiger partial charge in [-0.05, 0) is 56.7 Å². The van der Waals surface area contributed by atoms with E-state index in [9.17, 15) is 26.8 Å². The molecular weight excluding hydrogens is 520 g/mol. The van der Waals surface area contributed by atoms with Crippen molar-refractivity contribution in [3.63, 3.8) is 0 Å². The zero-order valence-electron chi connectivity index (χ0n) is 16.9. The van der Waals surface area contributed by atoms with Gasteiger partial charge in [-0.15, -0.1) is 0 Å². The predicted octanol–water partition coefficient (Wildman–Crippen LogP) is 4.00. The van der Waals surface area contributed by atoms with Gasteiger partial charge < -0.3 is 4.74 Å². The summed E-state index contributed by atoms with van der Waals surface area (Å²) in [6, 6.07) is 14.3. The quantitative estimate of drug-likeness (QED) is 0.285. The fourth-order valence-corrected chi connectivity index (χ4v) is 5.72. The van der Waals surface area contributed by atoms with Crippen LogP contribution in [0.4, 0.5) is 8.78 Å². The summed E-state index contributed by atoms with van der Waals surface area (Å²) in [5.74, 6) is -3.77. The lowest BCUT2D eigenvalue weighted by molar-refractivity contribution is -0.141. The summed E-state index contributed by atoms with van der Waals surface area (Å²) in [6.07, 6.45) is 0.778. The Morgan fingerprint density at radius 1 is 1.00 bits per heavy atom. The van der Waals surface area contributed by atoms with Crippen molar-refractivity contribution in [3.05, 3.63) is 87.4 Å². The fourth-order valence-electron chi connectivity index (χ4n) is 3.59. The Morgan fingerprint density at radius 2 is 1.73 bits per heavy atom. The van der Waals surface area contributed by atoms with Crippen LogP contribution in [0.2, 0.25) is 0 Å². The number of carbonyl (C=O) groups excluding carboxylic acids is 2. The van der Waals surface area contributed by atoms with Gasteiger partial charge in [-0.25, -0.2) is 17.2 Å². The molecule has 1 aliphatic carbocycles. The van der Waals surface area contributed by atoms with E-state index in [2.05, 4.69) is 15.9 Å². The molecule has 0 radical (unpaired) electrons. The predicted molar refractivity (Wildman–Crippen MR) is 119 cm³/mol. The lowest BCUT2D eigenvalue weighted by Gasteiger charge is -2.10. The van der Waals surface area contributed by atoms with Crippen LogP contribution < -0.4 is 4.72 Å². The maximum absolute atomic E-state index is 13.9. The maximum Gasteiger partial charge on any atom is 0.321 e. The Hall–Kier alpha value is -2.95. The van der Waals surface area contributed by atoms with Crippen LogP contribution in [0.25, 0.3) is 11.1 Å². The van der Waals surface area contributed by atoms with Gasteiger partial charge in [0.2, 0.25) is 10.0 Å². The number of fused-ring (bicyclic) bond motifs is 3. The van der Waals surface area contributed by atoms with E-state index in [1.165, 1.54) is 5.56 Å². The minimum absolute atomic E-state index is 0.339. The summed E-state index contributed by atoms with van der Waals surface area (Å²) in [6.45, 7) is -1.42. The van der Waals surface area contributed by atoms with Crippen molar-refractivity contribution in [2.24, 2.45) is 0 Å². The first-order valence-electron chi connectivity index (χ1n) is 9.70. The summed E-state index contributed by atoms with van der Waals surface area (Å²) in [5, 5.41) is 0. The Bertz CT molecular complexity index is 1370. The van der Waals surface area contributed by atoms with Crippen LogP contribution in [0.15, 0.2) is 64.0 Å². The number of halogens is 3. The largest absolute Gasteiger partial charge is 0.456 e. The van der Waals surface area contributed by atoms with Gasteiger partial charge in [-0.2, -0.15) is 4.72 Å². The van der Waals surface area contributed by atoms with E-state index < -0.39 is 51.5 Å². The van der Waals surface area contributed by atoms with Crippen molar-refractivity contribution < 1.29 is 31.5 Å². The van der Waals surface area contributed by atoms with Crippen molar-refractivity contribution in [1.82, 2.24) is 4.72 Å². The number of ketones is 1. The lowest BCUT2D eigenvalue weighted by Crippen LogP contribution is -2.32. The number of ether oxygens (including phenoxy) is 1. The molecule has 0 saturated carbocycles. The number of nitrogens with one attached hydrogen (secondary N) is 1. The van der Waals surface area contributed by atoms with Crippen molar-refractivity contribution >= 4 is 37.7 Å². The number of esters is 1. The third-order valence-corrected chi connectivity index (χ3v) is 7.49. The average Bonchev–Trinajstić information content (AvgIpc) is 3.13. The van der Waals surface area contributed by atoms with Gasteiger partial charge in [-0.1, -0.05) is 36.4 Å². The van der Waals surface area contributed by atoms with Crippen LogP contribution in [-0.4, -0.2) is 33.3 Å². The van der Waals surface area contributed by atoms with E-state index in [0.29, 0.717) is 11.6 Å². The molecule has 10 heteroatoms. The molecule has 3 aromatic carbocycles. The van der Waals surface area contributed by atoms with Gasteiger partial charge >= 0.3 is 5.97 Å². The number of carbonyl (C=O) groups is 2. The van der Waals surface area contributed by atoms with E-state index in [-0.39, 0.29) is 4.47 Å². The number of hydrogen-bond donors (Lipinski definition) is 1. The minimum atomic E-state index is -4.48. The summed E-state index contributed by atoms with van der Waals surface area (Å²) in [7, 11) is -4.48. The van der Waals surface area contributed by atoms with E-state index >= 15 is 0 Å². The van der Waals surface area contributed by atoms with Gasteiger partial charge in [0.05, 0.1) is 0 Å². The van der Waals surface area contributed by atoms with E-state index in [1.807, 2.05) is 35.1 Å². The molecule has 3 aromatic rings. The summed E-state index contributed by atoms with van der Waals surface area (Å²) in [5.41, 5.74) is 4.62. The Kier molecular flexibility index (Phi) is 6.42. The first-order valence-corrected chi connectivity index (χ1v) is 12.0. The third-order valence-electron chi connectivity index (χ3n) is 5.12. The molecule has 0 atom stereocenters. The zero-order valence-corrected chi connectivity index (χ0v) is 19.3. The molecular formula is C23H16BrF2NO5S. The van der Waals surface area contributed by atoms with Gasteiger partial charge in [-0.3, -0.25) is 9.59 Å². The highest BCUT2D eigenvalue weighted by atomic mass is 79.9. The van der Waals surface area contributed by atoms with Crippen LogP contribution in [0.3, 0.4) is 0 Å². The first kappa shape index (κ1) is 23.2. The van der Waals surface area contributed by atoms with E-state index in [1.54, 1.807) is 12.1 Å². The van der Waals surface area contributed by atoms with Crippen molar-refractivity contribution in [1.29, 1.82) is 0 Å². The molecule has 0 amide bonds. The standard InChI is InChI=1S/C23H16BrF2NO5S/c24-19-9-16(25)10-20(26)23(19)33(30,31)27-11-22(29)32-12-21(28)15-6-5-14-7-13-3-1-2-4-17(13)18(14)8-15/h1-6,8-10,27H,7,11-12H2. The molecule has 0 fully saturated rings. The normalized spacial score (nSPS) is 12.2. The lowest BCUT2D eigenvalue weighted by atomic mass is 10.0. The van der Waals surface area contributed by atoms with Crippen LogP contribution in [0.1, 0.15) is 21.5 Å². The summed E-state index contributed by atoms with van der Waals surface area (Å²) in [4.78, 5) is 23.6. The third kappa shape index (κ3) is 4.87. The number of rotatable bonds is 7. The first-order chi connectivity index (χ1) is 15.7. The molecule has 0 aromatic heterocycles. The number of hydrogen-bond acceptors (Lipinski definition) is 5. The highest BCUT2D eigenvalue weighted by Crippen LogP contribution is 2.36. The Balaban J connectivity index is 1.37. The smallest absolute Gasteiger partial charge is 0.321 e. The molecule has 0 saturated heterocycles. The van der Waals surface area contributed by atoms with Crippen molar-refractivity contribution in [2.75, 3.05) is 13.2 Å². The molecule has 1 aliphatic rings. The minimum Gasteiger partial charge on any atom is -0.456 e. The van der Waals surface area contributed by atoms with Gasteiger partial charge in [0.25, 0.3) is 0 Å². The second-order valence-electron chi connectivity index (χ2n) is 7.31. The van der Waals surface area contributed by atoms with Gasteiger partial charge in [0.1, 0.15) is 23.1 Å². The molecule has 33 heavy (non-hydrogen) atoms. The summed E-state index contributed by atoms with van der Waals surface area (Å²) >= 11 is 2.79. The zero-order chi connectivity index (χ0) is 23.8. The highest BCUT2D eigenvalue weighted by molar-refractivity contribution is 9.10. The monoisotopic (exact) mass is 535 g/mol.